The molecule has 0 bridgehead atoms. The smallest absolute Gasteiger partial charge is 0.325 e. The van der Waals surface area contributed by atoms with Crippen LogP contribution in [0.3, 0.4) is 0 Å². The van der Waals surface area contributed by atoms with Crippen molar-refractivity contribution in [1.82, 2.24) is 0 Å². The van der Waals surface area contributed by atoms with Crippen molar-refractivity contribution >= 4 is 23.2 Å². The van der Waals surface area contributed by atoms with Crippen LogP contribution in [0.4, 0.5) is 18.9 Å². The fourth-order valence-electron chi connectivity index (χ4n) is 2.68. The molecule has 3 rings (SSSR count). The second kappa shape index (κ2) is 5.28. The van der Waals surface area contributed by atoms with Crippen molar-refractivity contribution in [1.29, 1.82) is 5.26 Å². The molecule has 0 saturated carbocycles. The van der Waals surface area contributed by atoms with Crippen LogP contribution in [0.15, 0.2) is 36.4 Å². The first-order valence-electron chi connectivity index (χ1n) is 6.53. The predicted molar refractivity (Wildman–Crippen MR) is 78.1 cm³/mol. The largest absolute Gasteiger partial charge is 0.416 e. The molecule has 0 radical (unpaired) electrons. The van der Waals surface area contributed by atoms with E-state index in [0.717, 1.165) is 6.07 Å². The number of halogens is 4. The number of nitriles is 1. The van der Waals surface area contributed by atoms with Crippen molar-refractivity contribution in [2.45, 2.75) is 12.1 Å². The Morgan fingerprint density at radius 3 is 2.39 bits per heavy atom. The summed E-state index contributed by atoms with van der Waals surface area (Å²) in [4.78, 5) is 12.2. The SMILES string of the molecule is N#Cc1cc2c(c(C(F)(F)F)c1)C(c1ccc(Cl)cc1)C(=O)N2. The fraction of sp³-hybridized carbons (Fsp3) is 0.125. The van der Waals surface area contributed by atoms with Crippen LogP contribution in [0.1, 0.15) is 28.2 Å². The highest BCUT2D eigenvalue weighted by Crippen LogP contribution is 2.45. The van der Waals surface area contributed by atoms with Crippen LogP contribution in [0, 0.1) is 11.3 Å². The summed E-state index contributed by atoms with van der Waals surface area (Å²) in [5, 5.41) is 11.7. The van der Waals surface area contributed by atoms with Crippen LogP contribution in [0.25, 0.3) is 0 Å². The molecule has 7 heteroatoms. The lowest BCUT2D eigenvalue weighted by Gasteiger charge is -2.16. The normalized spacial score (nSPS) is 16.7. The van der Waals surface area contributed by atoms with Gasteiger partial charge in [-0.2, -0.15) is 18.4 Å². The Hall–Kier alpha value is -2.52. The van der Waals surface area contributed by atoms with Gasteiger partial charge in [0.05, 0.1) is 23.1 Å². The Balaban J connectivity index is 2.24. The van der Waals surface area contributed by atoms with Gasteiger partial charge in [0, 0.05) is 16.3 Å². The highest BCUT2D eigenvalue weighted by Gasteiger charge is 2.43. The molecule has 0 aliphatic carbocycles. The maximum atomic E-state index is 13.4. The van der Waals surface area contributed by atoms with E-state index in [1.54, 1.807) is 6.07 Å². The lowest BCUT2D eigenvalue weighted by molar-refractivity contribution is -0.138. The molecule has 0 saturated heterocycles. The molecule has 1 aliphatic heterocycles. The van der Waals surface area contributed by atoms with Crippen LogP contribution in [0.2, 0.25) is 5.02 Å². The molecule has 3 nitrogen and oxygen atoms in total. The number of nitrogens with zero attached hydrogens (tertiary/aromatic N) is 1. The van der Waals surface area contributed by atoms with E-state index in [1.807, 2.05) is 0 Å². The average Bonchev–Trinajstić information content (AvgIpc) is 2.81. The summed E-state index contributed by atoms with van der Waals surface area (Å²) in [6.45, 7) is 0. The number of nitrogens with one attached hydrogen (secondary N) is 1. The van der Waals surface area contributed by atoms with E-state index in [4.69, 9.17) is 16.9 Å². The van der Waals surface area contributed by atoms with Gasteiger partial charge in [0.2, 0.25) is 5.91 Å². The maximum Gasteiger partial charge on any atom is 0.416 e. The molecule has 0 spiro atoms. The van der Waals surface area contributed by atoms with Crippen molar-refractivity contribution in [2.75, 3.05) is 5.32 Å². The molecule has 23 heavy (non-hydrogen) atoms. The molecule has 1 N–H and O–H groups in total. The van der Waals surface area contributed by atoms with Crippen LogP contribution in [-0.4, -0.2) is 5.91 Å². The highest BCUT2D eigenvalue weighted by molar-refractivity contribution is 6.30. The van der Waals surface area contributed by atoms with E-state index in [1.165, 1.54) is 30.3 Å². The average molecular weight is 337 g/mol. The van der Waals surface area contributed by atoms with Gasteiger partial charge >= 0.3 is 6.18 Å². The summed E-state index contributed by atoms with van der Waals surface area (Å²) in [6, 6.07) is 9.75. The maximum absolute atomic E-state index is 13.4. The topological polar surface area (TPSA) is 52.9 Å². The van der Waals surface area contributed by atoms with Gasteiger partial charge in [0.1, 0.15) is 0 Å². The van der Waals surface area contributed by atoms with E-state index in [9.17, 15) is 18.0 Å². The highest BCUT2D eigenvalue weighted by atomic mass is 35.5. The predicted octanol–water partition coefficient (Wildman–Crippen LogP) is 4.31. The standard InChI is InChI=1S/C16H8ClF3N2O/c17-10-3-1-9(2-4-10)13-14-11(16(18,19)20)5-8(7-21)6-12(14)22-15(13)23/h1-6,13H,(H,22,23). The van der Waals surface area contributed by atoms with E-state index in [-0.39, 0.29) is 16.8 Å². The Labute approximate surface area is 134 Å². The zero-order valence-electron chi connectivity index (χ0n) is 11.4. The molecule has 0 fully saturated rings. The molecule has 0 aromatic heterocycles. The first kappa shape index (κ1) is 15.4. The number of rotatable bonds is 1. The van der Waals surface area contributed by atoms with Crippen molar-refractivity contribution < 1.29 is 18.0 Å². The number of hydrogen-bond donors (Lipinski definition) is 1. The summed E-state index contributed by atoms with van der Waals surface area (Å²) >= 11 is 5.78. The monoisotopic (exact) mass is 336 g/mol. The van der Waals surface area contributed by atoms with E-state index >= 15 is 0 Å². The number of hydrogen-bond acceptors (Lipinski definition) is 2. The van der Waals surface area contributed by atoms with Crippen molar-refractivity contribution in [3.8, 4) is 6.07 Å². The van der Waals surface area contributed by atoms with Gasteiger partial charge in [-0.15, -0.1) is 0 Å². The van der Waals surface area contributed by atoms with Gasteiger partial charge in [-0.25, -0.2) is 0 Å². The van der Waals surface area contributed by atoms with Crippen LogP contribution in [-0.2, 0) is 11.0 Å². The third-order valence-electron chi connectivity index (χ3n) is 3.63. The third kappa shape index (κ3) is 2.64. The summed E-state index contributed by atoms with van der Waals surface area (Å²) < 4.78 is 40.1. The van der Waals surface area contributed by atoms with Gasteiger partial charge in [0.15, 0.2) is 0 Å². The van der Waals surface area contributed by atoms with E-state index in [0.29, 0.717) is 10.6 Å². The first-order valence-corrected chi connectivity index (χ1v) is 6.90. The van der Waals surface area contributed by atoms with Gasteiger partial charge < -0.3 is 5.32 Å². The lowest BCUT2D eigenvalue weighted by Crippen LogP contribution is -2.16. The zero-order valence-corrected chi connectivity index (χ0v) is 12.2. The summed E-state index contributed by atoms with van der Waals surface area (Å²) in [5.41, 5.74) is -0.885. The number of fused-ring (bicyclic) bond motifs is 1. The second-order valence-electron chi connectivity index (χ2n) is 5.07. The minimum absolute atomic E-state index is 0.0151. The van der Waals surface area contributed by atoms with Crippen molar-refractivity contribution in [2.24, 2.45) is 0 Å². The Kier molecular flexibility index (Phi) is 3.53. The minimum atomic E-state index is -4.67. The molecule has 2 aromatic carbocycles. The quantitative estimate of drug-likeness (QED) is 0.843. The zero-order chi connectivity index (χ0) is 16.8. The number of benzene rings is 2. The number of amides is 1. The van der Waals surface area contributed by atoms with E-state index in [2.05, 4.69) is 5.32 Å². The van der Waals surface area contributed by atoms with Gasteiger partial charge in [-0.05, 0) is 29.8 Å². The fourth-order valence-corrected chi connectivity index (χ4v) is 2.80. The summed E-state index contributed by atoms with van der Waals surface area (Å²) in [5.74, 6) is -1.66. The molecule has 116 valence electrons. The van der Waals surface area contributed by atoms with Crippen molar-refractivity contribution in [3.05, 3.63) is 63.7 Å². The summed E-state index contributed by atoms with van der Waals surface area (Å²) in [7, 11) is 0. The van der Waals surface area contributed by atoms with Gasteiger partial charge in [-0.1, -0.05) is 23.7 Å². The molecule has 2 aromatic rings. The third-order valence-corrected chi connectivity index (χ3v) is 3.88. The molecule has 1 heterocycles. The molecular weight excluding hydrogens is 329 g/mol. The van der Waals surface area contributed by atoms with E-state index < -0.39 is 23.6 Å². The second-order valence-corrected chi connectivity index (χ2v) is 5.50. The molecule has 1 unspecified atom stereocenters. The van der Waals surface area contributed by atoms with Gasteiger partial charge in [-0.3, -0.25) is 4.79 Å². The molecule has 1 aliphatic rings. The number of alkyl halides is 3. The van der Waals surface area contributed by atoms with Crippen molar-refractivity contribution in [3.63, 3.8) is 0 Å². The van der Waals surface area contributed by atoms with Crippen LogP contribution < -0.4 is 5.32 Å². The lowest BCUT2D eigenvalue weighted by atomic mass is 9.88. The Morgan fingerprint density at radius 1 is 1.17 bits per heavy atom. The Morgan fingerprint density at radius 2 is 1.83 bits per heavy atom. The minimum Gasteiger partial charge on any atom is -0.325 e. The molecular formula is C16H8ClF3N2O. The molecule has 1 amide bonds. The van der Waals surface area contributed by atoms with Gasteiger partial charge in [0.25, 0.3) is 0 Å². The number of carbonyl (C=O) groups is 1. The van der Waals surface area contributed by atoms with Crippen LogP contribution in [0.5, 0.6) is 0 Å². The Bertz CT molecular complexity index is 838. The summed E-state index contributed by atoms with van der Waals surface area (Å²) in [6.07, 6.45) is -4.67. The van der Waals surface area contributed by atoms with Crippen LogP contribution >= 0.6 is 11.6 Å². The number of carbonyl (C=O) groups excluding carboxylic acids is 1. The first-order chi connectivity index (χ1) is 10.8. The molecule has 1 atom stereocenters. The number of anilines is 1.